The Bertz CT molecular complexity index is 837. The number of hydrogen-bond acceptors (Lipinski definition) is 2. The zero-order valence-electron chi connectivity index (χ0n) is 14.4. The van der Waals surface area contributed by atoms with Crippen LogP contribution in [-0.4, -0.2) is 35.6 Å². The molecule has 4 rings (SSSR count). The molecule has 0 amide bonds. The molecule has 0 fully saturated rings. The minimum Gasteiger partial charge on any atom is -0.481 e. The highest BCUT2D eigenvalue weighted by atomic mass is 16.4. The van der Waals surface area contributed by atoms with Crippen molar-refractivity contribution in [3.8, 4) is 0 Å². The Kier molecular flexibility index (Phi) is 4.41. The first-order valence-electron chi connectivity index (χ1n) is 9.05. The Morgan fingerprint density at radius 1 is 0.960 bits per heavy atom. The summed E-state index contributed by atoms with van der Waals surface area (Å²) in [7, 11) is 0. The van der Waals surface area contributed by atoms with Crippen LogP contribution in [0.15, 0.2) is 48.5 Å². The number of hydrogen-bond donors (Lipinski definition) is 1. The topological polar surface area (TPSA) is 40.5 Å². The van der Waals surface area contributed by atoms with Crippen LogP contribution in [0.3, 0.4) is 0 Å². The molecule has 1 heterocycles. The Morgan fingerprint density at radius 2 is 1.60 bits per heavy atom. The third kappa shape index (κ3) is 3.24. The van der Waals surface area contributed by atoms with E-state index in [4.69, 9.17) is 5.11 Å². The van der Waals surface area contributed by atoms with Gasteiger partial charge in [0.15, 0.2) is 0 Å². The van der Waals surface area contributed by atoms with E-state index in [1.807, 2.05) is 0 Å². The summed E-state index contributed by atoms with van der Waals surface area (Å²) in [6, 6.07) is 17.5. The second-order valence-corrected chi connectivity index (χ2v) is 6.97. The lowest BCUT2D eigenvalue weighted by atomic mass is 9.89. The average molecular weight is 333 g/mol. The van der Waals surface area contributed by atoms with Gasteiger partial charge in [0.2, 0.25) is 0 Å². The maximum atomic E-state index is 10.8. The second-order valence-electron chi connectivity index (χ2n) is 6.97. The normalized spacial score (nSPS) is 16.6. The quantitative estimate of drug-likeness (QED) is 0.917. The number of fused-ring (bicyclic) bond motifs is 4. The van der Waals surface area contributed by atoms with Crippen molar-refractivity contribution in [2.75, 3.05) is 19.6 Å². The maximum Gasteiger partial charge on any atom is 0.303 e. The van der Waals surface area contributed by atoms with Crippen molar-refractivity contribution in [3.05, 3.63) is 70.8 Å². The standard InChI is InChI=1S/C22H23NO2/c24-22(25)10-5-12-23-13-11-20-18-8-3-1-6-16(18)14-17-7-2-4-9-19(17)21(20)15-23/h1-4,6-9H,5,10-15H2,(H,24,25). The number of rotatable bonds is 4. The minimum atomic E-state index is -0.703. The molecular formula is C22H23NO2. The summed E-state index contributed by atoms with van der Waals surface area (Å²) in [5.74, 6) is -0.703. The zero-order valence-corrected chi connectivity index (χ0v) is 14.4. The summed E-state index contributed by atoms with van der Waals surface area (Å²) in [4.78, 5) is 13.2. The predicted molar refractivity (Wildman–Crippen MR) is 100 cm³/mol. The summed E-state index contributed by atoms with van der Waals surface area (Å²) in [5.41, 5.74) is 8.50. The number of nitrogens with zero attached hydrogens (tertiary/aromatic N) is 1. The smallest absolute Gasteiger partial charge is 0.303 e. The molecule has 128 valence electrons. The molecule has 25 heavy (non-hydrogen) atoms. The Balaban J connectivity index is 1.69. The minimum absolute atomic E-state index is 0.252. The van der Waals surface area contributed by atoms with Gasteiger partial charge in [0.1, 0.15) is 0 Å². The summed E-state index contributed by atoms with van der Waals surface area (Å²) in [6.45, 7) is 2.78. The van der Waals surface area contributed by atoms with Crippen molar-refractivity contribution in [1.29, 1.82) is 0 Å². The molecule has 3 heteroatoms. The third-order valence-corrected chi connectivity index (χ3v) is 5.35. The molecule has 0 spiro atoms. The van der Waals surface area contributed by atoms with Crippen molar-refractivity contribution >= 4 is 17.1 Å². The van der Waals surface area contributed by atoms with Crippen LogP contribution in [0.4, 0.5) is 0 Å². The summed E-state index contributed by atoms with van der Waals surface area (Å²) >= 11 is 0. The fraction of sp³-hybridized carbons (Fsp3) is 0.318. The molecule has 1 aliphatic carbocycles. The number of carbonyl (C=O) groups is 1. The van der Waals surface area contributed by atoms with Crippen LogP contribution in [0.1, 0.15) is 41.5 Å². The lowest BCUT2D eigenvalue weighted by Crippen LogP contribution is -2.32. The van der Waals surface area contributed by atoms with Gasteiger partial charge in [-0.05, 0) is 59.2 Å². The fourth-order valence-corrected chi connectivity index (χ4v) is 4.15. The Labute approximate surface area is 148 Å². The first kappa shape index (κ1) is 16.1. The molecule has 0 saturated heterocycles. The monoisotopic (exact) mass is 333 g/mol. The molecule has 2 aliphatic rings. The van der Waals surface area contributed by atoms with E-state index >= 15 is 0 Å². The molecule has 0 bridgehead atoms. The van der Waals surface area contributed by atoms with Gasteiger partial charge in [-0.25, -0.2) is 0 Å². The van der Waals surface area contributed by atoms with Crippen LogP contribution < -0.4 is 0 Å². The molecule has 2 aromatic rings. The molecule has 0 radical (unpaired) electrons. The molecule has 0 saturated carbocycles. The van der Waals surface area contributed by atoms with Crippen LogP contribution in [0.5, 0.6) is 0 Å². The van der Waals surface area contributed by atoms with E-state index in [0.29, 0.717) is 0 Å². The van der Waals surface area contributed by atoms with Gasteiger partial charge in [-0.15, -0.1) is 0 Å². The van der Waals surface area contributed by atoms with Crippen molar-refractivity contribution in [2.45, 2.75) is 25.7 Å². The summed E-state index contributed by atoms with van der Waals surface area (Å²) in [5, 5.41) is 8.88. The molecule has 1 N–H and O–H groups in total. The third-order valence-electron chi connectivity index (χ3n) is 5.35. The molecular weight excluding hydrogens is 310 g/mol. The van der Waals surface area contributed by atoms with Gasteiger partial charge in [-0.2, -0.15) is 0 Å². The van der Waals surface area contributed by atoms with Gasteiger partial charge >= 0.3 is 5.97 Å². The van der Waals surface area contributed by atoms with E-state index in [1.54, 1.807) is 0 Å². The Hall–Kier alpha value is -2.39. The molecule has 2 aromatic carbocycles. The van der Waals surface area contributed by atoms with E-state index < -0.39 is 5.97 Å². The van der Waals surface area contributed by atoms with Gasteiger partial charge in [-0.3, -0.25) is 9.69 Å². The zero-order chi connectivity index (χ0) is 17.2. The predicted octanol–water partition coefficient (Wildman–Crippen LogP) is 4.07. The molecule has 1 aliphatic heterocycles. The highest BCUT2D eigenvalue weighted by Crippen LogP contribution is 2.40. The van der Waals surface area contributed by atoms with Gasteiger partial charge in [0.05, 0.1) is 0 Å². The highest BCUT2D eigenvalue weighted by molar-refractivity contribution is 5.95. The van der Waals surface area contributed by atoms with Crippen molar-refractivity contribution in [1.82, 2.24) is 4.90 Å². The maximum absolute atomic E-state index is 10.8. The van der Waals surface area contributed by atoms with Gasteiger partial charge in [-0.1, -0.05) is 48.5 Å². The first-order valence-corrected chi connectivity index (χ1v) is 9.05. The number of carboxylic acid groups (broad SMARTS) is 1. The number of aliphatic carboxylic acids is 1. The molecule has 0 atom stereocenters. The summed E-state index contributed by atoms with van der Waals surface area (Å²) < 4.78 is 0. The van der Waals surface area contributed by atoms with Crippen LogP contribution in [0.2, 0.25) is 0 Å². The lowest BCUT2D eigenvalue weighted by Gasteiger charge is -2.31. The largest absolute Gasteiger partial charge is 0.481 e. The Morgan fingerprint density at radius 3 is 2.28 bits per heavy atom. The fourth-order valence-electron chi connectivity index (χ4n) is 4.15. The first-order chi connectivity index (χ1) is 12.2. The molecule has 3 nitrogen and oxygen atoms in total. The number of benzene rings is 2. The van der Waals surface area contributed by atoms with E-state index in [1.165, 1.54) is 33.4 Å². The van der Waals surface area contributed by atoms with Gasteiger partial charge in [0, 0.05) is 19.5 Å². The second kappa shape index (κ2) is 6.85. The van der Waals surface area contributed by atoms with Crippen molar-refractivity contribution < 1.29 is 9.90 Å². The van der Waals surface area contributed by atoms with Gasteiger partial charge in [0.25, 0.3) is 0 Å². The van der Waals surface area contributed by atoms with Crippen LogP contribution in [0, 0.1) is 0 Å². The molecule has 0 unspecified atom stereocenters. The van der Waals surface area contributed by atoms with E-state index in [9.17, 15) is 4.79 Å². The van der Waals surface area contributed by atoms with Crippen LogP contribution >= 0.6 is 0 Å². The van der Waals surface area contributed by atoms with E-state index in [-0.39, 0.29) is 6.42 Å². The summed E-state index contributed by atoms with van der Waals surface area (Å²) in [6.07, 6.45) is 2.99. The van der Waals surface area contributed by atoms with E-state index in [2.05, 4.69) is 53.4 Å². The van der Waals surface area contributed by atoms with Crippen LogP contribution in [0.25, 0.3) is 11.1 Å². The van der Waals surface area contributed by atoms with Crippen LogP contribution in [-0.2, 0) is 11.2 Å². The van der Waals surface area contributed by atoms with E-state index in [0.717, 1.165) is 38.9 Å². The molecule has 0 aromatic heterocycles. The average Bonchev–Trinajstić information content (AvgIpc) is 2.76. The van der Waals surface area contributed by atoms with Crippen molar-refractivity contribution in [3.63, 3.8) is 0 Å². The lowest BCUT2D eigenvalue weighted by molar-refractivity contribution is -0.137. The van der Waals surface area contributed by atoms with Gasteiger partial charge < -0.3 is 5.11 Å². The van der Waals surface area contributed by atoms with Crippen molar-refractivity contribution in [2.24, 2.45) is 0 Å². The number of carboxylic acids is 1. The highest BCUT2D eigenvalue weighted by Gasteiger charge is 2.26. The SMILES string of the molecule is O=C(O)CCCN1CCC2=C(C1)c1ccccc1Cc1ccccc12.